The minimum Gasteiger partial charge on any atom is -0.350 e. The highest BCUT2D eigenvalue weighted by atomic mass is 32.2. The molecule has 1 aromatic rings. The maximum atomic E-state index is 12.0. The minimum atomic E-state index is -1.50. The van der Waals surface area contributed by atoms with Crippen LogP contribution in [0.5, 0.6) is 0 Å². The highest BCUT2D eigenvalue weighted by molar-refractivity contribution is 7.86. The number of likely N-dealkylation sites (tertiary alicyclic amines) is 1. The van der Waals surface area contributed by atoms with Gasteiger partial charge in [-0.2, -0.15) is 0 Å². The van der Waals surface area contributed by atoms with Crippen LogP contribution in [0.2, 0.25) is 0 Å². The Morgan fingerprint density at radius 2 is 1.63 bits per heavy atom. The van der Waals surface area contributed by atoms with E-state index in [2.05, 4.69) is 17.6 Å². The van der Waals surface area contributed by atoms with Crippen LogP contribution in [-0.2, 0) is 26.8 Å². The summed E-state index contributed by atoms with van der Waals surface area (Å²) in [6, 6.07) is 7.56. The van der Waals surface area contributed by atoms with Gasteiger partial charge in [0.15, 0.2) is 0 Å². The molecule has 0 aromatic heterocycles. The first-order valence-corrected chi connectivity index (χ1v) is 11.4. The van der Waals surface area contributed by atoms with Gasteiger partial charge in [-0.15, -0.1) is 0 Å². The molecule has 2 amide bonds. The van der Waals surface area contributed by atoms with Gasteiger partial charge in [0.25, 0.3) is 0 Å². The Kier molecular flexibility index (Phi) is 9.48. The predicted molar refractivity (Wildman–Crippen MR) is 109 cm³/mol. The van der Waals surface area contributed by atoms with Gasteiger partial charge in [0.05, 0.1) is 26.2 Å². The van der Waals surface area contributed by atoms with Crippen molar-refractivity contribution in [3.8, 4) is 0 Å². The Balaban J connectivity index is 1.63. The normalized spacial score (nSPS) is 16.3. The summed E-state index contributed by atoms with van der Waals surface area (Å²) < 4.78 is 12.0. The highest BCUT2D eigenvalue weighted by Gasteiger charge is 2.15. The molecular formula is C20H32N3O3S+. The summed E-state index contributed by atoms with van der Waals surface area (Å²) in [5.74, 6) is -0.875. The summed E-state index contributed by atoms with van der Waals surface area (Å²) in [6.07, 6.45) is 6.05. The van der Waals surface area contributed by atoms with E-state index in [1.165, 1.54) is 49.2 Å². The summed E-state index contributed by atoms with van der Waals surface area (Å²) in [4.78, 5) is 25.4. The molecule has 1 saturated heterocycles. The number of benzene rings is 1. The number of quaternary nitrogens is 1. The number of hydrogen-bond donors (Lipinski definition) is 3. The number of hydrogen-bond acceptors (Lipinski definition) is 3. The first-order chi connectivity index (χ1) is 13.1. The van der Waals surface area contributed by atoms with Crippen molar-refractivity contribution in [3.63, 3.8) is 0 Å². The van der Waals surface area contributed by atoms with Crippen molar-refractivity contribution >= 4 is 28.3 Å². The van der Waals surface area contributed by atoms with E-state index in [9.17, 15) is 13.8 Å². The maximum absolute atomic E-state index is 12.0. The average Bonchev–Trinajstić information content (AvgIpc) is 2.91. The van der Waals surface area contributed by atoms with Crippen LogP contribution in [0.25, 0.3) is 0 Å². The summed E-state index contributed by atoms with van der Waals surface area (Å²) in [6.45, 7) is 5.91. The van der Waals surface area contributed by atoms with E-state index in [-0.39, 0.29) is 23.3 Å². The fourth-order valence-corrected chi connectivity index (χ4v) is 4.13. The van der Waals surface area contributed by atoms with Crippen molar-refractivity contribution in [1.29, 1.82) is 0 Å². The molecular weight excluding hydrogens is 362 g/mol. The zero-order valence-electron chi connectivity index (χ0n) is 16.2. The monoisotopic (exact) mass is 394 g/mol. The molecule has 3 N–H and O–H groups in total. The van der Waals surface area contributed by atoms with E-state index in [1.807, 2.05) is 24.3 Å². The van der Waals surface area contributed by atoms with E-state index in [0.717, 1.165) is 13.0 Å². The molecule has 1 fully saturated rings. The van der Waals surface area contributed by atoms with Gasteiger partial charge in [-0.1, -0.05) is 19.1 Å². The second-order valence-electron chi connectivity index (χ2n) is 7.09. The van der Waals surface area contributed by atoms with Crippen LogP contribution in [0.3, 0.4) is 0 Å². The first kappa shape index (κ1) is 21.6. The standard InChI is InChI=1S/C20H31N3O3S/c1-2-17-7-9-18(10-8-17)22-20(25)16-27(26)15-19(24)21-11-14-23-12-5-3-4-6-13-23/h7-10H,2-6,11-16H2,1H3,(H,21,24)(H,22,25)/p+1/t27-/m1/s1. The summed E-state index contributed by atoms with van der Waals surface area (Å²) in [5.41, 5.74) is 1.87. The van der Waals surface area contributed by atoms with Gasteiger partial charge in [0.2, 0.25) is 11.8 Å². The molecule has 2 rings (SSSR count). The van der Waals surface area contributed by atoms with Gasteiger partial charge in [-0.05, 0) is 49.8 Å². The van der Waals surface area contributed by atoms with Gasteiger partial charge in [-0.3, -0.25) is 13.8 Å². The maximum Gasteiger partial charge on any atom is 0.237 e. The molecule has 0 bridgehead atoms. The van der Waals surface area contributed by atoms with Crippen LogP contribution in [-0.4, -0.2) is 53.7 Å². The Hall–Kier alpha value is -1.73. The quantitative estimate of drug-likeness (QED) is 0.571. The van der Waals surface area contributed by atoms with E-state index in [0.29, 0.717) is 12.2 Å². The number of rotatable bonds is 9. The molecule has 150 valence electrons. The molecule has 1 aliphatic heterocycles. The predicted octanol–water partition coefficient (Wildman–Crippen LogP) is 0.511. The van der Waals surface area contributed by atoms with Gasteiger partial charge >= 0.3 is 0 Å². The molecule has 27 heavy (non-hydrogen) atoms. The van der Waals surface area contributed by atoms with Crippen LogP contribution in [0.1, 0.15) is 38.2 Å². The van der Waals surface area contributed by atoms with Crippen molar-refractivity contribution in [3.05, 3.63) is 29.8 Å². The number of carbonyl (C=O) groups is 2. The molecule has 0 unspecified atom stereocenters. The fraction of sp³-hybridized carbons (Fsp3) is 0.600. The van der Waals surface area contributed by atoms with Crippen molar-refractivity contribution in [2.45, 2.75) is 39.0 Å². The smallest absolute Gasteiger partial charge is 0.237 e. The Labute approximate surface area is 164 Å². The second-order valence-corrected chi connectivity index (χ2v) is 8.55. The SMILES string of the molecule is CCc1ccc(NC(=O)C[S@](=O)CC(=O)NCC[NH+]2CCCCCC2)cc1. The van der Waals surface area contributed by atoms with Gasteiger partial charge in [-0.25, -0.2) is 0 Å². The topological polar surface area (TPSA) is 79.7 Å². The fourth-order valence-electron chi connectivity index (χ4n) is 3.27. The Morgan fingerprint density at radius 1 is 1.00 bits per heavy atom. The Morgan fingerprint density at radius 3 is 2.26 bits per heavy atom. The number of anilines is 1. The third-order valence-electron chi connectivity index (χ3n) is 4.84. The number of carbonyl (C=O) groups excluding carboxylic acids is 2. The van der Waals surface area contributed by atoms with Crippen molar-refractivity contribution in [2.24, 2.45) is 0 Å². The molecule has 1 heterocycles. The first-order valence-electron chi connectivity index (χ1n) is 9.91. The van der Waals surface area contributed by atoms with E-state index >= 15 is 0 Å². The average molecular weight is 395 g/mol. The van der Waals surface area contributed by atoms with Crippen LogP contribution in [0.4, 0.5) is 5.69 Å². The van der Waals surface area contributed by atoms with Crippen molar-refractivity contribution in [1.82, 2.24) is 5.32 Å². The zero-order valence-corrected chi connectivity index (χ0v) is 17.0. The molecule has 1 atom stereocenters. The second kappa shape index (κ2) is 11.9. The molecule has 0 saturated carbocycles. The van der Waals surface area contributed by atoms with Gasteiger partial charge in [0, 0.05) is 16.5 Å². The largest absolute Gasteiger partial charge is 0.350 e. The lowest BCUT2D eigenvalue weighted by molar-refractivity contribution is -0.898. The number of amides is 2. The number of aryl methyl sites for hydroxylation is 1. The lowest BCUT2D eigenvalue weighted by Crippen LogP contribution is -3.12. The summed E-state index contributed by atoms with van der Waals surface area (Å²) >= 11 is 0. The van der Waals surface area contributed by atoms with Crippen molar-refractivity contribution in [2.75, 3.05) is 43.0 Å². The molecule has 0 radical (unpaired) electrons. The van der Waals surface area contributed by atoms with Crippen LogP contribution in [0, 0.1) is 0 Å². The molecule has 1 aliphatic rings. The summed E-state index contributed by atoms with van der Waals surface area (Å²) in [5, 5.41) is 5.55. The molecule has 6 nitrogen and oxygen atoms in total. The van der Waals surface area contributed by atoms with Crippen LogP contribution in [0.15, 0.2) is 24.3 Å². The molecule has 0 aliphatic carbocycles. The lowest BCUT2D eigenvalue weighted by Gasteiger charge is -2.17. The summed E-state index contributed by atoms with van der Waals surface area (Å²) in [7, 11) is -1.50. The number of nitrogens with one attached hydrogen (secondary N) is 3. The third-order valence-corrected chi connectivity index (χ3v) is 6.01. The van der Waals surface area contributed by atoms with E-state index in [1.54, 1.807) is 0 Å². The molecule has 0 spiro atoms. The van der Waals surface area contributed by atoms with Gasteiger partial charge < -0.3 is 15.5 Å². The van der Waals surface area contributed by atoms with Crippen molar-refractivity contribution < 1.29 is 18.7 Å². The van der Waals surface area contributed by atoms with E-state index < -0.39 is 10.8 Å². The van der Waals surface area contributed by atoms with Crippen LogP contribution >= 0.6 is 0 Å². The Bertz CT molecular complexity index is 626. The molecule has 1 aromatic carbocycles. The third kappa shape index (κ3) is 8.67. The van der Waals surface area contributed by atoms with Crippen LogP contribution < -0.4 is 15.5 Å². The zero-order chi connectivity index (χ0) is 19.5. The lowest BCUT2D eigenvalue weighted by atomic mass is 10.1. The minimum absolute atomic E-state index is 0.127. The highest BCUT2D eigenvalue weighted by Crippen LogP contribution is 2.09. The van der Waals surface area contributed by atoms with Gasteiger partial charge in [0.1, 0.15) is 11.5 Å². The van der Waals surface area contributed by atoms with E-state index in [4.69, 9.17) is 0 Å². The molecule has 7 heteroatoms.